The molecule has 0 aliphatic rings. The van der Waals surface area contributed by atoms with E-state index in [1.165, 1.54) is 12.1 Å². The van der Waals surface area contributed by atoms with Gasteiger partial charge in [-0.3, -0.25) is 0 Å². The number of anilines is 1. The highest BCUT2D eigenvalue weighted by molar-refractivity contribution is 5.50. The van der Waals surface area contributed by atoms with E-state index >= 15 is 0 Å². The van der Waals surface area contributed by atoms with Gasteiger partial charge in [-0.05, 0) is 17.7 Å². The molecule has 2 nitrogen and oxygen atoms in total. The lowest BCUT2D eigenvalue weighted by Crippen LogP contribution is -2.03. The molecule has 0 spiro atoms. The predicted molar refractivity (Wildman–Crippen MR) is 64.8 cm³/mol. The van der Waals surface area contributed by atoms with Gasteiger partial charge in [-0.2, -0.15) is 5.26 Å². The van der Waals surface area contributed by atoms with Gasteiger partial charge < -0.3 is 5.32 Å². The van der Waals surface area contributed by atoms with Crippen LogP contribution < -0.4 is 5.32 Å². The van der Waals surface area contributed by atoms with Gasteiger partial charge in [-0.15, -0.1) is 0 Å². The third kappa shape index (κ3) is 2.46. The van der Waals surface area contributed by atoms with Crippen molar-refractivity contribution in [3.8, 4) is 6.07 Å². The molecule has 0 unspecified atom stereocenters. The van der Waals surface area contributed by atoms with Crippen LogP contribution in [0, 0.1) is 23.0 Å². The van der Waals surface area contributed by atoms with Gasteiger partial charge in [0, 0.05) is 6.54 Å². The number of halogens is 2. The maximum atomic E-state index is 13.6. The molecule has 0 aliphatic heterocycles. The Morgan fingerprint density at radius 1 is 1.00 bits per heavy atom. The van der Waals surface area contributed by atoms with Crippen molar-refractivity contribution in [1.82, 2.24) is 0 Å². The van der Waals surface area contributed by atoms with Gasteiger partial charge >= 0.3 is 0 Å². The molecule has 2 aromatic rings. The van der Waals surface area contributed by atoms with Crippen molar-refractivity contribution in [1.29, 1.82) is 5.26 Å². The summed E-state index contributed by atoms with van der Waals surface area (Å²) in [5.41, 5.74) is 0.717. The highest BCUT2D eigenvalue weighted by Crippen LogP contribution is 2.20. The first-order valence-corrected chi connectivity index (χ1v) is 5.38. The van der Waals surface area contributed by atoms with Crippen molar-refractivity contribution in [2.75, 3.05) is 5.32 Å². The van der Waals surface area contributed by atoms with Gasteiger partial charge in [0.2, 0.25) is 0 Å². The second-order valence-corrected chi connectivity index (χ2v) is 3.74. The fourth-order valence-electron chi connectivity index (χ4n) is 1.57. The van der Waals surface area contributed by atoms with Crippen molar-refractivity contribution in [3.05, 3.63) is 65.2 Å². The monoisotopic (exact) mass is 244 g/mol. The van der Waals surface area contributed by atoms with Crippen LogP contribution in [0.25, 0.3) is 0 Å². The summed E-state index contributed by atoms with van der Waals surface area (Å²) in [4.78, 5) is 0. The standard InChI is InChI=1S/C14H10F2N2/c15-13-11(8-17)6-7-12(14(13)16)18-9-10-4-2-1-3-5-10/h1-7,18H,9H2. The van der Waals surface area contributed by atoms with Gasteiger partial charge in [0.15, 0.2) is 11.6 Å². The lowest BCUT2D eigenvalue weighted by atomic mass is 10.2. The number of nitrogens with one attached hydrogen (secondary N) is 1. The zero-order valence-corrected chi connectivity index (χ0v) is 9.45. The fourth-order valence-corrected chi connectivity index (χ4v) is 1.57. The molecule has 0 saturated heterocycles. The van der Waals surface area contributed by atoms with Crippen molar-refractivity contribution in [3.63, 3.8) is 0 Å². The van der Waals surface area contributed by atoms with E-state index in [1.54, 1.807) is 6.07 Å². The SMILES string of the molecule is N#Cc1ccc(NCc2ccccc2)c(F)c1F. The van der Waals surface area contributed by atoms with Crippen LogP contribution in [-0.2, 0) is 6.54 Å². The van der Waals surface area contributed by atoms with Crippen LogP contribution in [0.1, 0.15) is 11.1 Å². The number of rotatable bonds is 3. The summed E-state index contributed by atoms with van der Waals surface area (Å²) in [6.45, 7) is 0.392. The number of nitrogens with zero attached hydrogens (tertiary/aromatic N) is 1. The Hall–Kier alpha value is -2.41. The van der Waals surface area contributed by atoms with E-state index in [9.17, 15) is 8.78 Å². The molecular weight excluding hydrogens is 234 g/mol. The predicted octanol–water partition coefficient (Wildman–Crippen LogP) is 3.45. The quantitative estimate of drug-likeness (QED) is 0.897. The number of benzene rings is 2. The van der Waals surface area contributed by atoms with Crippen LogP contribution in [0.3, 0.4) is 0 Å². The summed E-state index contributed by atoms with van der Waals surface area (Å²) in [5.74, 6) is -2.14. The summed E-state index contributed by atoms with van der Waals surface area (Å²) >= 11 is 0. The molecule has 0 saturated carbocycles. The molecule has 0 bridgehead atoms. The van der Waals surface area contributed by atoms with E-state index in [2.05, 4.69) is 5.32 Å². The van der Waals surface area contributed by atoms with E-state index in [-0.39, 0.29) is 11.3 Å². The Kier molecular flexibility index (Phi) is 3.54. The minimum Gasteiger partial charge on any atom is -0.379 e. The Bertz CT molecular complexity index is 589. The van der Waals surface area contributed by atoms with Crippen molar-refractivity contribution < 1.29 is 8.78 Å². The Balaban J connectivity index is 2.16. The van der Waals surface area contributed by atoms with Crippen LogP contribution in [0.2, 0.25) is 0 Å². The van der Waals surface area contributed by atoms with Crippen LogP contribution in [-0.4, -0.2) is 0 Å². The number of nitriles is 1. The van der Waals surface area contributed by atoms with Crippen LogP contribution in [0.5, 0.6) is 0 Å². The van der Waals surface area contributed by atoms with E-state index in [1.807, 2.05) is 30.3 Å². The topological polar surface area (TPSA) is 35.8 Å². The molecule has 0 aliphatic carbocycles. The normalized spacial score (nSPS) is 9.83. The van der Waals surface area contributed by atoms with Gasteiger partial charge in [0.25, 0.3) is 0 Å². The average Bonchev–Trinajstić information content (AvgIpc) is 2.42. The van der Waals surface area contributed by atoms with Crippen molar-refractivity contribution in [2.45, 2.75) is 6.54 Å². The zero-order valence-electron chi connectivity index (χ0n) is 9.45. The molecule has 0 atom stereocenters. The molecule has 18 heavy (non-hydrogen) atoms. The van der Waals surface area contributed by atoms with Crippen LogP contribution >= 0.6 is 0 Å². The third-order valence-electron chi connectivity index (χ3n) is 2.53. The first-order chi connectivity index (χ1) is 8.72. The lowest BCUT2D eigenvalue weighted by molar-refractivity contribution is 0.508. The zero-order chi connectivity index (χ0) is 13.0. The molecular formula is C14H10F2N2. The molecule has 0 heterocycles. The minimum atomic E-state index is -1.12. The van der Waals surface area contributed by atoms with Crippen LogP contribution in [0.4, 0.5) is 14.5 Å². The van der Waals surface area contributed by atoms with Crippen LogP contribution in [0.15, 0.2) is 42.5 Å². The Morgan fingerprint density at radius 2 is 1.72 bits per heavy atom. The summed E-state index contributed by atoms with van der Waals surface area (Å²) in [7, 11) is 0. The summed E-state index contributed by atoms with van der Waals surface area (Å²) in [6, 6.07) is 13.6. The first-order valence-electron chi connectivity index (χ1n) is 5.38. The summed E-state index contributed by atoms with van der Waals surface area (Å²) < 4.78 is 26.9. The highest BCUT2D eigenvalue weighted by Gasteiger charge is 2.12. The van der Waals surface area contributed by atoms with Crippen molar-refractivity contribution in [2.24, 2.45) is 0 Å². The molecule has 0 radical (unpaired) electrons. The second-order valence-electron chi connectivity index (χ2n) is 3.74. The molecule has 4 heteroatoms. The van der Waals surface area contributed by atoms with Gasteiger partial charge in [-0.1, -0.05) is 30.3 Å². The van der Waals surface area contributed by atoms with Crippen molar-refractivity contribution >= 4 is 5.69 Å². The van der Waals surface area contributed by atoms with E-state index in [0.717, 1.165) is 5.56 Å². The second kappa shape index (κ2) is 5.28. The maximum Gasteiger partial charge on any atom is 0.183 e. The molecule has 2 rings (SSSR count). The highest BCUT2D eigenvalue weighted by atomic mass is 19.2. The number of hydrogen-bond acceptors (Lipinski definition) is 2. The Labute approximate surface area is 103 Å². The van der Waals surface area contributed by atoms with E-state index in [0.29, 0.717) is 6.54 Å². The molecule has 2 aromatic carbocycles. The maximum absolute atomic E-state index is 13.6. The lowest BCUT2D eigenvalue weighted by Gasteiger charge is -2.08. The minimum absolute atomic E-state index is 0.0513. The number of hydrogen-bond donors (Lipinski definition) is 1. The molecule has 0 aromatic heterocycles. The molecule has 90 valence electrons. The smallest absolute Gasteiger partial charge is 0.183 e. The van der Waals surface area contributed by atoms with Gasteiger partial charge in [0.05, 0.1) is 11.3 Å². The largest absolute Gasteiger partial charge is 0.379 e. The summed E-state index contributed by atoms with van der Waals surface area (Å²) in [6.07, 6.45) is 0. The molecule has 0 amide bonds. The van der Waals surface area contributed by atoms with E-state index < -0.39 is 11.6 Å². The fraction of sp³-hybridized carbons (Fsp3) is 0.0714. The molecule has 0 fully saturated rings. The van der Waals surface area contributed by atoms with E-state index in [4.69, 9.17) is 5.26 Å². The van der Waals surface area contributed by atoms with Gasteiger partial charge in [-0.25, -0.2) is 8.78 Å². The first kappa shape index (κ1) is 12.1. The third-order valence-corrected chi connectivity index (χ3v) is 2.53. The average molecular weight is 244 g/mol. The summed E-state index contributed by atoms with van der Waals surface area (Å²) in [5, 5.41) is 11.4. The Morgan fingerprint density at radius 3 is 2.39 bits per heavy atom. The molecule has 1 N–H and O–H groups in total. The van der Waals surface area contributed by atoms with Gasteiger partial charge in [0.1, 0.15) is 6.07 Å².